The Balaban J connectivity index is 1.45. The molecule has 0 bridgehead atoms. The monoisotopic (exact) mass is 404 g/mol. The molecule has 0 radical (unpaired) electrons. The predicted molar refractivity (Wildman–Crippen MR) is 108 cm³/mol. The third kappa shape index (κ3) is 3.87. The lowest BCUT2D eigenvalue weighted by Gasteiger charge is -2.09. The second-order valence-electron chi connectivity index (χ2n) is 6.36. The number of amides is 2. The molecule has 0 aliphatic rings. The lowest BCUT2D eigenvalue weighted by molar-refractivity contribution is 0.0951. The minimum Gasteiger partial charge on any atom is -0.505 e. The molecule has 0 fully saturated rings. The van der Waals surface area contributed by atoms with Crippen LogP contribution in [0, 0.1) is 0 Å². The smallest absolute Gasteiger partial charge is 0.323 e. The zero-order chi connectivity index (χ0) is 21.1. The second-order valence-corrected chi connectivity index (χ2v) is 6.36. The molecule has 30 heavy (non-hydrogen) atoms. The Morgan fingerprint density at radius 2 is 1.87 bits per heavy atom. The van der Waals surface area contributed by atoms with Crippen LogP contribution in [0.15, 0.2) is 59.7 Å². The van der Waals surface area contributed by atoms with E-state index in [0.717, 1.165) is 0 Å². The number of aromatic hydroxyl groups is 1. The molecule has 3 aromatic heterocycles. The molecule has 0 spiro atoms. The number of rotatable bonds is 5. The van der Waals surface area contributed by atoms with Crippen molar-refractivity contribution in [3.63, 3.8) is 0 Å². The molecule has 0 saturated carbocycles. The summed E-state index contributed by atoms with van der Waals surface area (Å²) in [7, 11) is 0. The number of aromatic nitrogens is 4. The first-order valence-electron chi connectivity index (χ1n) is 8.91. The topological polar surface area (TPSA) is 153 Å². The summed E-state index contributed by atoms with van der Waals surface area (Å²) in [5.74, 6) is -0.967. The molecule has 0 saturated heterocycles. The Morgan fingerprint density at radius 1 is 1.00 bits per heavy atom. The molecule has 150 valence electrons. The van der Waals surface area contributed by atoms with E-state index in [1.807, 2.05) is 0 Å². The second kappa shape index (κ2) is 7.87. The molecule has 10 heteroatoms. The summed E-state index contributed by atoms with van der Waals surface area (Å²) in [6.07, 6.45) is 2.88. The number of carbonyl (C=O) groups excluding carboxylic acids is 2. The Morgan fingerprint density at radius 3 is 2.70 bits per heavy atom. The summed E-state index contributed by atoms with van der Waals surface area (Å²) < 4.78 is 0. The standard InChI is InChI=1S/C20H16N6O4/c27-14-5-2-7-22-17(14)19(29)25-15-9-11(6-8-21-15)10-23-18(28)12-3-1-4-13-16(12)26-20(30)24-13/h1-9,27H,10H2,(H,23,28)(H,21,25,29)(H2,24,26,30). The van der Waals surface area contributed by atoms with E-state index in [1.54, 1.807) is 30.3 Å². The molecule has 4 rings (SSSR count). The molecular formula is C20H16N6O4. The third-order valence-corrected chi connectivity index (χ3v) is 4.32. The van der Waals surface area contributed by atoms with Crippen LogP contribution in [0.1, 0.15) is 26.4 Å². The van der Waals surface area contributed by atoms with Crippen molar-refractivity contribution in [2.24, 2.45) is 0 Å². The van der Waals surface area contributed by atoms with Crippen molar-refractivity contribution < 1.29 is 14.7 Å². The van der Waals surface area contributed by atoms with Gasteiger partial charge in [0.2, 0.25) is 0 Å². The molecule has 3 heterocycles. The van der Waals surface area contributed by atoms with Gasteiger partial charge in [-0.25, -0.2) is 14.8 Å². The van der Waals surface area contributed by atoms with Crippen LogP contribution in [0.4, 0.5) is 5.82 Å². The zero-order valence-corrected chi connectivity index (χ0v) is 15.5. The van der Waals surface area contributed by atoms with E-state index in [0.29, 0.717) is 22.2 Å². The van der Waals surface area contributed by atoms with Crippen LogP contribution in [0.3, 0.4) is 0 Å². The molecule has 10 nitrogen and oxygen atoms in total. The van der Waals surface area contributed by atoms with E-state index in [2.05, 4.69) is 30.6 Å². The molecule has 0 aliphatic heterocycles. The first kappa shape index (κ1) is 18.9. The fourth-order valence-corrected chi connectivity index (χ4v) is 2.92. The van der Waals surface area contributed by atoms with E-state index >= 15 is 0 Å². The van der Waals surface area contributed by atoms with Gasteiger partial charge in [-0.05, 0) is 42.0 Å². The first-order valence-corrected chi connectivity index (χ1v) is 8.91. The number of aromatic amines is 2. The van der Waals surface area contributed by atoms with E-state index in [-0.39, 0.29) is 29.7 Å². The minimum absolute atomic E-state index is 0.119. The highest BCUT2D eigenvalue weighted by Crippen LogP contribution is 2.16. The number of benzene rings is 1. The lowest BCUT2D eigenvalue weighted by atomic mass is 10.1. The van der Waals surface area contributed by atoms with Gasteiger partial charge in [-0.1, -0.05) is 6.07 Å². The SMILES string of the molecule is O=C(Nc1cc(CNC(=O)c2cccc3[nH]c(=O)[nH]c23)ccn1)c1ncccc1O. The van der Waals surface area contributed by atoms with Gasteiger partial charge in [0.1, 0.15) is 11.6 Å². The summed E-state index contributed by atoms with van der Waals surface area (Å²) in [5.41, 5.74) is 1.48. The highest BCUT2D eigenvalue weighted by atomic mass is 16.3. The maximum atomic E-state index is 12.6. The van der Waals surface area contributed by atoms with Crippen molar-refractivity contribution in [1.29, 1.82) is 0 Å². The molecule has 0 aliphatic carbocycles. The van der Waals surface area contributed by atoms with Crippen LogP contribution >= 0.6 is 0 Å². The number of nitrogens with one attached hydrogen (secondary N) is 4. The van der Waals surface area contributed by atoms with Gasteiger partial charge < -0.3 is 25.7 Å². The van der Waals surface area contributed by atoms with Crippen LogP contribution in [-0.2, 0) is 6.54 Å². The summed E-state index contributed by atoms with van der Waals surface area (Å²) in [6, 6.07) is 11.1. The number of H-pyrrole nitrogens is 2. The number of anilines is 1. The van der Waals surface area contributed by atoms with Crippen molar-refractivity contribution in [3.05, 3.63) is 82.2 Å². The van der Waals surface area contributed by atoms with Crippen molar-refractivity contribution in [2.45, 2.75) is 6.54 Å². The summed E-state index contributed by atoms with van der Waals surface area (Å²) >= 11 is 0. The number of nitrogens with zero attached hydrogens (tertiary/aromatic N) is 2. The summed E-state index contributed by atoms with van der Waals surface area (Å²) in [5, 5.41) is 15.1. The summed E-state index contributed by atoms with van der Waals surface area (Å²) in [6.45, 7) is 0.171. The largest absolute Gasteiger partial charge is 0.505 e. The number of fused-ring (bicyclic) bond motifs is 1. The normalized spacial score (nSPS) is 10.7. The van der Waals surface area contributed by atoms with Gasteiger partial charge in [-0.15, -0.1) is 0 Å². The average molecular weight is 404 g/mol. The molecule has 0 unspecified atom stereocenters. The Kier molecular flexibility index (Phi) is 4.95. The van der Waals surface area contributed by atoms with E-state index in [1.165, 1.54) is 24.5 Å². The van der Waals surface area contributed by atoms with Gasteiger partial charge in [0.15, 0.2) is 5.69 Å². The van der Waals surface area contributed by atoms with Crippen LogP contribution in [-0.4, -0.2) is 36.9 Å². The first-order chi connectivity index (χ1) is 14.5. The van der Waals surface area contributed by atoms with Gasteiger partial charge in [0.25, 0.3) is 11.8 Å². The van der Waals surface area contributed by atoms with Crippen molar-refractivity contribution in [1.82, 2.24) is 25.3 Å². The lowest BCUT2D eigenvalue weighted by Crippen LogP contribution is -2.23. The van der Waals surface area contributed by atoms with E-state index in [4.69, 9.17) is 0 Å². The van der Waals surface area contributed by atoms with E-state index in [9.17, 15) is 19.5 Å². The Bertz CT molecular complexity index is 1310. The number of hydrogen-bond donors (Lipinski definition) is 5. The quantitative estimate of drug-likeness (QED) is 0.340. The number of imidazole rings is 1. The van der Waals surface area contributed by atoms with Gasteiger partial charge in [0, 0.05) is 18.9 Å². The van der Waals surface area contributed by atoms with Crippen LogP contribution in [0.2, 0.25) is 0 Å². The molecule has 4 aromatic rings. The molecular weight excluding hydrogens is 388 g/mol. The molecule has 1 aromatic carbocycles. The number of hydrogen-bond acceptors (Lipinski definition) is 6. The van der Waals surface area contributed by atoms with Crippen molar-refractivity contribution in [2.75, 3.05) is 5.32 Å². The van der Waals surface area contributed by atoms with Crippen LogP contribution in [0.5, 0.6) is 5.75 Å². The maximum absolute atomic E-state index is 12.6. The molecule has 2 amide bonds. The van der Waals surface area contributed by atoms with Gasteiger partial charge in [-0.2, -0.15) is 0 Å². The van der Waals surface area contributed by atoms with Crippen molar-refractivity contribution >= 4 is 28.7 Å². The third-order valence-electron chi connectivity index (χ3n) is 4.32. The van der Waals surface area contributed by atoms with Crippen molar-refractivity contribution in [3.8, 4) is 5.75 Å². The Hall–Kier alpha value is -4.47. The predicted octanol–water partition coefficient (Wildman–Crippen LogP) is 1.53. The summed E-state index contributed by atoms with van der Waals surface area (Å²) in [4.78, 5) is 49.4. The highest BCUT2D eigenvalue weighted by molar-refractivity contribution is 6.05. The fraction of sp³-hybridized carbons (Fsp3) is 0.0500. The average Bonchev–Trinajstić information content (AvgIpc) is 3.12. The van der Waals surface area contributed by atoms with Gasteiger partial charge in [0.05, 0.1) is 16.6 Å². The zero-order valence-electron chi connectivity index (χ0n) is 15.5. The highest BCUT2D eigenvalue weighted by Gasteiger charge is 2.14. The fourth-order valence-electron chi connectivity index (χ4n) is 2.92. The Labute approximate surface area is 169 Å². The van der Waals surface area contributed by atoms with E-state index < -0.39 is 11.6 Å². The minimum atomic E-state index is -0.607. The molecule has 5 N–H and O–H groups in total. The number of carbonyl (C=O) groups is 2. The van der Waals surface area contributed by atoms with Gasteiger partial charge >= 0.3 is 5.69 Å². The number of para-hydroxylation sites is 1. The van der Waals surface area contributed by atoms with Crippen LogP contribution < -0.4 is 16.3 Å². The number of pyridine rings is 2. The molecule has 0 atom stereocenters. The van der Waals surface area contributed by atoms with Gasteiger partial charge in [-0.3, -0.25) is 9.59 Å². The van der Waals surface area contributed by atoms with Crippen LogP contribution in [0.25, 0.3) is 11.0 Å². The maximum Gasteiger partial charge on any atom is 0.323 e.